The van der Waals surface area contributed by atoms with Crippen LogP contribution in [0.4, 0.5) is 4.39 Å². The first-order valence-electron chi connectivity index (χ1n) is 6.39. The fourth-order valence-electron chi connectivity index (χ4n) is 2.24. The highest BCUT2D eigenvalue weighted by atomic mass is 35.5. The Morgan fingerprint density at radius 3 is 2.50 bits per heavy atom. The van der Waals surface area contributed by atoms with Crippen molar-refractivity contribution in [2.45, 2.75) is 19.4 Å². The third-order valence-corrected chi connectivity index (χ3v) is 4.29. The number of aryl methyl sites for hydroxylation is 1. The smallest absolute Gasteiger partial charge is 0.127 e. The van der Waals surface area contributed by atoms with Crippen LogP contribution in [-0.2, 0) is 6.42 Å². The molecule has 1 nitrogen and oxygen atoms in total. The zero-order valence-corrected chi connectivity index (χ0v) is 12.9. The Morgan fingerprint density at radius 2 is 1.85 bits per heavy atom. The molecule has 0 aromatic heterocycles. The van der Waals surface area contributed by atoms with Crippen LogP contribution in [0.3, 0.4) is 0 Å². The summed E-state index contributed by atoms with van der Waals surface area (Å²) < 4.78 is 13.9. The van der Waals surface area contributed by atoms with E-state index in [4.69, 9.17) is 23.2 Å². The molecule has 106 valence electrons. The van der Waals surface area contributed by atoms with Gasteiger partial charge in [-0.05, 0) is 43.7 Å². The summed E-state index contributed by atoms with van der Waals surface area (Å²) in [7, 11) is 1.83. The molecule has 2 aromatic carbocycles. The van der Waals surface area contributed by atoms with Crippen molar-refractivity contribution in [2.75, 3.05) is 7.05 Å². The standard InChI is InChI=1S/C16H16Cl2FN/c1-10-5-3-6-11(16(10)18)15(20-2)9-12-13(17)7-4-8-14(12)19/h3-8,15,20H,9H2,1-2H3. The second-order valence-corrected chi connectivity index (χ2v) is 5.51. The molecule has 2 aromatic rings. The Morgan fingerprint density at radius 1 is 1.15 bits per heavy atom. The van der Waals surface area contributed by atoms with Crippen LogP contribution in [0.1, 0.15) is 22.7 Å². The minimum atomic E-state index is -0.290. The first-order valence-corrected chi connectivity index (χ1v) is 7.15. The number of hydrogen-bond donors (Lipinski definition) is 1. The average molecular weight is 312 g/mol. The summed E-state index contributed by atoms with van der Waals surface area (Å²) in [6.45, 7) is 1.95. The van der Waals surface area contributed by atoms with Gasteiger partial charge in [0.2, 0.25) is 0 Å². The lowest BCUT2D eigenvalue weighted by molar-refractivity contribution is 0.554. The van der Waals surface area contributed by atoms with E-state index in [1.165, 1.54) is 6.07 Å². The summed E-state index contributed by atoms with van der Waals surface area (Å²) in [5.41, 5.74) is 2.46. The molecule has 0 saturated carbocycles. The highest BCUT2D eigenvalue weighted by molar-refractivity contribution is 6.32. The molecular weight excluding hydrogens is 296 g/mol. The van der Waals surface area contributed by atoms with Gasteiger partial charge in [0, 0.05) is 21.7 Å². The zero-order valence-electron chi connectivity index (χ0n) is 11.4. The number of rotatable bonds is 4. The Kier molecular flexibility index (Phi) is 5.03. The first kappa shape index (κ1) is 15.3. The van der Waals surface area contributed by atoms with Gasteiger partial charge in [-0.25, -0.2) is 4.39 Å². The van der Waals surface area contributed by atoms with E-state index in [0.29, 0.717) is 22.0 Å². The molecule has 20 heavy (non-hydrogen) atoms. The molecule has 0 aliphatic heterocycles. The monoisotopic (exact) mass is 311 g/mol. The molecule has 0 aliphatic carbocycles. The van der Waals surface area contributed by atoms with E-state index < -0.39 is 0 Å². The summed E-state index contributed by atoms with van der Waals surface area (Å²) >= 11 is 12.4. The topological polar surface area (TPSA) is 12.0 Å². The van der Waals surface area contributed by atoms with E-state index in [9.17, 15) is 4.39 Å². The van der Waals surface area contributed by atoms with E-state index in [0.717, 1.165) is 11.1 Å². The van der Waals surface area contributed by atoms with Crippen LogP contribution in [0.25, 0.3) is 0 Å². The molecule has 4 heteroatoms. The fraction of sp³-hybridized carbons (Fsp3) is 0.250. The largest absolute Gasteiger partial charge is 0.313 e. The normalized spacial score (nSPS) is 12.4. The van der Waals surface area contributed by atoms with Gasteiger partial charge < -0.3 is 5.32 Å². The van der Waals surface area contributed by atoms with E-state index in [1.54, 1.807) is 12.1 Å². The average Bonchev–Trinajstić information content (AvgIpc) is 2.42. The van der Waals surface area contributed by atoms with Crippen molar-refractivity contribution in [2.24, 2.45) is 0 Å². The molecule has 1 unspecified atom stereocenters. The van der Waals surface area contributed by atoms with Gasteiger partial charge in [0.1, 0.15) is 5.82 Å². The van der Waals surface area contributed by atoms with Crippen molar-refractivity contribution in [1.29, 1.82) is 0 Å². The van der Waals surface area contributed by atoms with Crippen molar-refractivity contribution >= 4 is 23.2 Å². The molecule has 0 spiro atoms. The zero-order chi connectivity index (χ0) is 14.7. The Hall–Kier alpha value is -1.09. The molecule has 0 heterocycles. The molecule has 0 radical (unpaired) electrons. The predicted octanol–water partition coefficient (Wildman–Crippen LogP) is 4.94. The maximum atomic E-state index is 13.9. The quantitative estimate of drug-likeness (QED) is 0.843. The lowest BCUT2D eigenvalue weighted by Crippen LogP contribution is -2.20. The number of nitrogens with one attached hydrogen (secondary N) is 1. The lowest BCUT2D eigenvalue weighted by atomic mass is 9.97. The van der Waals surface area contributed by atoms with Crippen LogP contribution in [0.2, 0.25) is 10.0 Å². The number of benzene rings is 2. The molecule has 0 aliphatic rings. The predicted molar refractivity (Wildman–Crippen MR) is 83.1 cm³/mol. The van der Waals surface area contributed by atoms with E-state index in [2.05, 4.69) is 5.32 Å². The molecule has 0 amide bonds. The molecule has 1 atom stereocenters. The minimum absolute atomic E-state index is 0.0863. The summed E-state index contributed by atoms with van der Waals surface area (Å²) in [5, 5.41) is 4.33. The van der Waals surface area contributed by atoms with Crippen LogP contribution in [-0.4, -0.2) is 7.05 Å². The summed E-state index contributed by atoms with van der Waals surface area (Å²) in [6.07, 6.45) is 0.450. The lowest BCUT2D eigenvalue weighted by Gasteiger charge is -2.20. The molecule has 2 rings (SSSR count). The van der Waals surface area contributed by atoms with E-state index in [-0.39, 0.29) is 11.9 Å². The third-order valence-electron chi connectivity index (χ3n) is 3.42. The molecular formula is C16H16Cl2FN. The van der Waals surface area contributed by atoms with Gasteiger partial charge in [-0.1, -0.05) is 47.5 Å². The SMILES string of the molecule is CNC(Cc1c(F)cccc1Cl)c1cccc(C)c1Cl. The van der Waals surface area contributed by atoms with Crippen molar-refractivity contribution in [3.05, 3.63) is 69.0 Å². The maximum absolute atomic E-state index is 13.9. The van der Waals surface area contributed by atoms with Crippen molar-refractivity contribution in [3.63, 3.8) is 0 Å². The summed E-state index contributed by atoms with van der Waals surface area (Å²) in [5.74, 6) is -0.290. The van der Waals surface area contributed by atoms with Crippen LogP contribution in [0, 0.1) is 12.7 Å². The van der Waals surface area contributed by atoms with Gasteiger partial charge >= 0.3 is 0 Å². The van der Waals surface area contributed by atoms with Crippen molar-refractivity contribution < 1.29 is 4.39 Å². The molecule has 0 fully saturated rings. The second kappa shape index (κ2) is 6.57. The van der Waals surface area contributed by atoms with Crippen molar-refractivity contribution in [3.8, 4) is 0 Å². The fourth-order valence-corrected chi connectivity index (χ4v) is 2.74. The number of hydrogen-bond acceptors (Lipinski definition) is 1. The van der Waals surface area contributed by atoms with Gasteiger partial charge in [0.25, 0.3) is 0 Å². The first-order chi connectivity index (χ1) is 9.54. The number of likely N-dealkylation sites (N-methyl/N-ethyl adjacent to an activating group) is 1. The van der Waals surface area contributed by atoms with Gasteiger partial charge in [-0.15, -0.1) is 0 Å². The van der Waals surface area contributed by atoms with Gasteiger partial charge in [0.15, 0.2) is 0 Å². The second-order valence-electron chi connectivity index (χ2n) is 4.72. The highest BCUT2D eigenvalue weighted by Crippen LogP contribution is 2.30. The van der Waals surface area contributed by atoms with Gasteiger partial charge in [-0.3, -0.25) is 0 Å². The molecule has 1 N–H and O–H groups in total. The Bertz CT molecular complexity index is 593. The van der Waals surface area contributed by atoms with Crippen LogP contribution >= 0.6 is 23.2 Å². The summed E-state index contributed by atoms with van der Waals surface area (Å²) in [6, 6.07) is 10.5. The van der Waals surface area contributed by atoms with Gasteiger partial charge in [-0.2, -0.15) is 0 Å². The highest BCUT2D eigenvalue weighted by Gasteiger charge is 2.18. The molecule has 0 saturated heterocycles. The van der Waals surface area contributed by atoms with Crippen LogP contribution in [0.5, 0.6) is 0 Å². The van der Waals surface area contributed by atoms with Crippen LogP contribution in [0.15, 0.2) is 36.4 Å². The maximum Gasteiger partial charge on any atom is 0.127 e. The van der Waals surface area contributed by atoms with Crippen molar-refractivity contribution in [1.82, 2.24) is 5.32 Å². The Labute approximate surface area is 128 Å². The summed E-state index contributed by atoms with van der Waals surface area (Å²) in [4.78, 5) is 0. The van der Waals surface area contributed by atoms with E-state index >= 15 is 0 Å². The Balaban J connectivity index is 2.37. The van der Waals surface area contributed by atoms with E-state index in [1.807, 2.05) is 32.2 Å². The minimum Gasteiger partial charge on any atom is -0.313 e. The third kappa shape index (κ3) is 3.14. The van der Waals surface area contributed by atoms with Crippen LogP contribution < -0.4 is 5.32 Å². The van der Waals surface area contributed by atoms with Gasteiger partial charge in [0.05, 0.1) is 0 Å². The number of halogens is 3. The molecule has 0 bridgehead atoms.